The Kier molecular flexibility index (Phi) is 5.42. The maximum absolute atomic E-state index is 12.6. The van der Waals surface area contributed by atoms with Crippen molar-refractivity contribution in [3.8, 4) is 0 Å². The molecule has 2 unspecified atom stereocenters. The van der Waals surface area contributed by atoms with Crippen molar-refractivity contribution in [3.63, 3.8) is 0 Å². The molecule has 1 amide bonds. The molecule has 1 saturated carbocycles. The Morgan fingerprint density at radius 2 is 2.09 bits per heavy atom. The lowest BCUT2D eigenvalue weighted by molar-refractivity contribution is -0.125. The Balaban J connectivity index is 1.60. The smallest absolute Gasteiger partial charge is 0.220 e. The molecule has 1 heterocycles. The third-order valence-corrected chi connectivity index (χ3v) is 6.16. The molecular weight excluding hydrogens is 352 g/mol. The molecule has 1 aliphatic carbocycles. The predicted molar refractivity (Wildman–Crippen MR) is 97.2 cm³/mol. The second-order valence-electron chi connectivity index (χ2n) is 7.28. The summed E-state index contributed by atoms with van der Waals surface area (Å²) < 4.78 is 1.08. The molecule has 1 aromatic carbocycles. The van der Waals surface area contributed by atoms with Gasteiger partial charge in [-0.15, -0.1) is 0 Å². The zero-order valence-electron chi connectivity index (χ0n) is 13.9. The van der Waals surface area contributed by atoms with Crippen molar-refractivity contribution in [2.24, 2.45) is 11.8 Å². The highest BCUT2D eigenvalue weighted by molar-refractivity contribution is 9.10. The van der Waals surface area contributed by atoms with Crippen LogP contribution in [0.5, 0.6) is 0 Å². The molecule has 2 aliphatic rings. The summed E-state index contributed by atoms with van der Waals surface area (Å²) in [5.41, 5.74) is 1.12. The Bertz CT molecular complexity index is 533. The van der Waals surface area contributed by atoms with Gasteiger partial charge in [-0.25, -0.2) is 0 Å². The summed E-state index contributed by atoms with van der Waals surface area (Å²) in [6.45, 7) is 4.42. The second kappa shape index (κ2) is 7.35. The number of halogens is 1. The largest absolute Gasteiger partial charge is 0.347 e. The molecule has 126 valence electrons. The lowest BCUT2D eigenvalue weighted by atomic mass is 9.71. The predicted octanol–water partition coefficient (Wildman–Crippen LogP) is 3.97. The van der Waals surface area contributed by atoms with Crippen LogP contribution in [0.3, 0.4) is 0 Å². The van der Waals surface area contributed by atoms with E-state index in [1.807, 2.05) is 0 Å². The van der Waals surface area contributed by atoms with Crippen LogP contribution in [0.15, 0.2) is 28.7 Å². The Morgan fingerprint density at radius 3 is 2.65 bits per heavy atom. The van der Waals surface area contributed by atoms with Crippen LogP contribution in [-0.4, -0.2) is 19.0 Å². The fourth-order valence-corrected chi connectivity index (χ4v) is 4.19. The van der Waals surface area contributed by atoms with Gasteiger partial charge in [-0.05, 0) is 74.7 Å². The van der Waals surface area contributed by atoms with E-state index in [-0.39, 0.29) is 11.4 Å². The van der Waals surface area contributed by atoms with E-state index < -0.39 is 0 Å². The Hall–Kier alpha value is -0.870. The molecule has 1 saturated heterocycles. The highest BCUT2D eigenvalue weighted by Gasteiger charge is 2.40. The van der Waals surface area contributed by atoms with Crippen molar-refractivity contribution in [1.29, 1.82) is 0 Å². The summed E-state index contributed by atoms with van der Waals surface area (Å²) in [6, 6.07) is 8.41. The number of benzene rings is 1. The van der Waals surface area contributed by atoms with Crippen LogP contribution in [0, 0.1) is 11.8 Å². The number of hydrogen-bond donors (Lipinski definition) is 2. The monoisotopic (exact) mass is 378 g/mol. The first-order chi connectivity index (χ1) is 11.1. The molecule has 3 rings (SSSR count). The lowest BCUT2D eigenvalue weighted by Crippen LogP contribution is -2.51. The maximum atomic E-state index is 12.6. The average Bonchev–Trinajstić information content (AvgIpc) is 2.53. The van der Waals surface area contributed by atoms with Gasteiger partial charge in [-0.3, -0.25) is 4.79 Å². The summed E-state index contributed by atoms with van der Waals surface area (Å²) >= 11 is 3.49. The quantitative estimate of drug-likeness (QED) is 0.813. The van der Waals surface area contributed by atoms with E-state index in [4.69, 9.17) is 0 Å². The summed E-state index contributed by atoms with van der Waals surface area (Å²) in [4.78, 5) is 12.6. The molecule has 3 nitrogen and oxygen atoms in total. The molecule has 0 radical (unpaired) electrons. The van der Waals surface area contributed by atoms with Gasteiger partial charge in [0.05, 0.1) is 5.54 Å². The van der Waals surface area contributed by atoms with E-state index in [0.717, 1.165) is 30.4 Å². The third kappa shape index (κ3) is 3.97. The number of carbonyl (C=O) groups is 1. The summed E-state index contributed by atoms with van der Waals surface area (Å²) in [5.74, 6) is 1.30. The van der Waals surface area contributed by atoms with Crippen molar-refractivity contribution < 1.29 is 4.79 Å². The van der Waals surface area contributed by atoms with Crippen LogP contribution in [0.4, 0.5) is 0 Å². The van der Waals surface area contributed by atoms with E-state index in [0.29, 0.717) is 18.3 Å². The first-order valence-electron chi connectivity index (χ1n) is 8.87. The summed E-state index contributed by atoms with van der Waals surface area (Å²) in [7, 11) is 0. The third-order valence-electron chi connectivity index (χ3n) is 5.63. The molecule has 0 aromatic heterocycles. The molecular formula is C19H27BrN2O. The van der Waals surface area contributed by atoms with Gasteiger partial charge >= 0.3 is 0 Å². The molecule has 23 heavy (non-hydrogen) atoms. The van der Waals surface area contributed by atoms with E-state index >= 15 is 0 Å². The van der Waals surface area contributed by atoms with E-state index in [1.54, 1.807) is 0 Å². The first-order valence-corrected chi connectivity index (χ1v) is 9.66. The zero-order chi connectivity index (χ0) is 16.3. The van der Waals surface area contributed by atoms with Gasteiger partial charge in [0.1, 0.15) is 0 Å². The molecule has 4 heteroatoms. The normalized spacial score (nSPS) is 24.5. The van der Waals surface area contributed by atoms with Crippen molar-refractivity contribution in [2.75, 3.05) is 13.1 Å². The summed E-state index contributed by atoms with van der Waals surface area (Å²) in [5, 5.41) is 6.82. The number of carbonyl (C=O) groups excluding carboxylic acids is 1. The van der Waals surface area contributed by atoms with Crippen LogP contribution in [0.1, 0.15) is 51.0 Å². The minimum absolute atomic E-state index is 0.123. The van der Waals surface area contributed by atoms with Crippen LogP contribution < -0.4 is 10.6 Å². The molecule has 2 atom stereocenters. The highest BCUT2D eigenvalue weighted by Crippen LogP contribution is 2.41. The zero-order valence-corrected chi connectivity index (χ0v) is 15.5. The van der Waals surface area contributed by atoms with Gasteiger partial charge in [-0.1, -0.05) is 35.0 Å². The van der Waals surface area contributed by atoms with Crippen LogP contribution in [0.2, 0.25) is 0 Å². The van der Waals surface area contributed by atoms with Crippen LogP contribution in [-0.2, 0) is 10.3 Å². The van der Waals surface area contributed by atoms with Crippen molar-refractivity contribution >= 4 is 21.8 Å². The van der Waals surface area contributed by atoms with Crippen molar-refractivity contribution in [1.82, 2.24) is 10.6 Å². The van der Waals surface area contributed by atoms with Crippen molar-refractivity contribution in [2.45, 2.75) is 51.0 Å². The second-order valence-corrected chi connectivity index (χ2v) is 8.19. The van der Waals surface area contributed by atoms with Crippen LogP contribution >= 0.6 is 15.9 Å². The fraction of sp³-hybridized carbons (Fsp3) is 0.632. The Morgan fingerprint density at radius 1 is 1.35 bits per heavy atom. The molecule has 2 fully saturated rings. The lowest BCUT2D eigenvalue weighted by Gasteiger charge is -2.43. The minimum Gasteiger partial charge on any atom is -0.347 e. The van der Waals surface area contributed by atoms with Gasteiger partial charge in [0.15, 0.2) is 0 Å². The topological polar surface area (TPSA) is 41.1 Å². The fourth-order valence-electron chi connectivity index (χ4n) is 3.93. The number of nitrogens with one attached hydrogen (secondary N) is 2. The van der Waals surface area contributed by atoms with Crippen LogP contribution in [0.25, 0.3) is 0 Å². The standard InChI is InChI=1S/C19H27BrN2O/c1-14(15-4-2-11-21-13-15)12-18(23)22-19(9-3-10-19)16-5-7-17(20)8-6-16/h5-8,14-15,21H,2-4,9-13H2,1H3,(H,22,23). The Labute approximate surface area is 147 Å². The SMILES string of the molecule is CC(CC(=O)NC1(c2ccc(Br)cc2)CCC1)C1CCCNC1. The first kappa shape index (κ1) is 17.0. The van der Waals surface area contributed by atoms with Gasteiger partial charge in [0.25, 0.3) is 0 Å². The number of hydrogen-bond acceptors (Lipinski definition) is 2. The summed E-state index contributed by atoms with van der Waals surface area (Å²) in [6.07, 6.45) is 6.43. The van der Waals surface area contributed by atoms with E-state index in [1.165, 1.54) is 24.8 Å². The van der Waals surface area contributed by atoms with Gasteiger partial charge in [0, 0.05) is 10.9 Å². The number of amides is 1. The molecule has 2 N–H and O–H groups in total. The van der Waals surface area contributed by atoms with Gasteiger partial charge < -0.3 is 10.6 Å². The molecule has 0 spiro atoms. The van der Waals surface area contributed by atoms with Crippen molar-refractivity contribution in [3.05, 3.63) is 34.3 Å². The molecule has 1 aromatic rings. The van der Waals surface area contributed by atoms with Gasteiger partial charge in [0.2, 0.25) is 5.91 Å². The highest BCUT2D eigenvalue weighted by atomic mass is 79.9. The van der Waals surface area contributed by atoms with E-state index in [2.05, 4.69) is 57.8 Å². The maximum Gasteiger partial charge on any atom is 0.220 e. The minimum atomic E-state index is -0.123. The molecule has 1 aliphatic heterocycles. The number of piperidine rings is 1. The number of rotatable bonds is 5. The molecule has 0 bridgehead atoms. The van der Waals surface area contributed by atoms with Gasteiger partial charge in [-0.2, -0.15) is 0 Å². The average molecular weight is 379 g/mol. The van der Waals surface area contributed by atoms with E-state index in [9.17, 15) is 4.79 Å².